The number of alkyl halides is 4. The van der Waals surface area contributed by atoms with Gasteiger partial charge >= 0.3 is 6.18 Å². The van der Waals surface area contributed by atoms with E-state index in [1.54, 1.807) is 6.07 Å². The van der Waals surface area contributed by atoms with E-state index in [1.165, 1.54) is 13.2 Å². The molecule has 0 aliphatic heterocycles. The van der Waals surface area contributed by atoms with Crippen LogP contribution in [0.4, 0.5) is 13.2 Å². The molecule has 1 aromatic carbocycles. The summed E-state index contributed by atoms with van der Waals surface area (Å²) in [5.74, 6) is 0.348. The minimum absolute atomic E-state index is 0.347. The van der Waals surface area contributed by atoms with Crippen molar-refractivity contribution in [2.24, 2.45) is 0 Å². The van der Waals surface area contributed by atoms with Gasteiger partial charge in [0.2, 0.25) is 0 Å². The van der Waals surface area contributed by atoms with Crippen molar-refractivity contribution in [3.05, 3.63) is 27.2 Å². The lowest BCUT2D eigenvalue weighted by Gasteiger charge is -2.17. The summed E-state index contributed by atoms with van der Waals surface area (Å²) in [6.07, 6.45) is -5.25. The smallest absolute Gasteiger partial charge is 0.390 e. The molecule has 0 saturated carbocycles. The molecule has 0 aliphatic carbocycles. The molecule has 1 aromatic rings. The first-order valence-electron chi connectivity index (χ1n) is 4.48. The predicted molar refractivity (Wildman–Crippen MR) is 68.0 cm³/mol. The SMILES string of the molecule is COc1c(Br)cc(Cl)cc1C(Br)CC(F)(F)F. The third kappa shape index (κ3) is 4.34. The molecule has 17 heavy (non-hydrogen) atoms. The molecule has 1 unspecified atom stereocenters. The molecule has 0 spiro atoms. The number of hydrogen-bond acceptors (Lipinski definition) is 1. The first-order chi connectivity index (χ1) is 7.74. The summed E-state index contributed by atoms with van der Waals surface area (Å²) in [7, 11) is 1.39. The molecule has 0 heterocycles. The van der Waals surface area contributed by atoms with Gasteiger partial charge in [0, 0.05) is 10.6 Å². The third-order valence-electron chi connectivity index (χ3n) is 1.99. The van der Waals surface area contributed by atoms with Crippen molar-refractivity contribution >= 4 is 43.5 Å². The van der Waals surface area contributed by atoms with E-state index in [9.17, 15) is 13.2 Å². The van der Waals surface area contributed by atoms with Gasteiger partial charge in [-0.15, -0.1) is 0 Å². The van der Waals surface area contributed by atoms with Gasteiger partial charge in [-0.05, 0) is 28.1 Å². The van der Waals surface area contributed by atoms with Crippen LogP contribution in [0.1, 0.15) is 16.8 Å². The quantitative estimate of drug-likeness (QED) is 0.613. The zero-order valence-corrected chi connectivity index (χ0v) is 12.5. The molecule has 0 saturated heterocycles. The van der Waals surface area contributed by atoms with Gasteiger partial charge in [-0.1, -0.05) is 27.5 Å². The maximum Gasteiger partial charge on any atom is 0.390 e. The number of benzene rings is 1. The molecule has 1 rings (SSSR count). The van der Waals surface area contributed by atoms with Gasteiger partial charge in [0.15, 0.2) is 0 Å². The second kappa shape index (κ2) is 5.80. The average Bonchev–Trinajstić information content (AvgIpc) is 2.13. The summed E-state index contributed by atoms with van der Waals surface area (Å²) in [4.78, 5) is -0.896. The van der Waals surface area contributed by atoms with Crippen molar-refractivity contribution in [2.45, 2.75) is 17.4 Å². The lowest BCUT2D eigenvalue weighted by Crippen LogP contribution is -2.11. The van der Waals surface area contributed by atoms with E-state index < -0.39 is 17.4 Å². The van der Waals surface area contributed by atoms with E-state index in [0.29, 0.717) is 20.8 Å². The molecule has 0 amide bonds. The van der Waals surface area contributed by atoms with Crippen LogP contribution in [0.5, 0.6) is 5.75 Å². The van der Waals surface area contributed by atoms with Gasteiger partial charge in [0.1, 0.15) is 5.75 Å². The summed E-state index contributed by atoms with van der Waals surface area (Å²) < 4.78 is 42.5. The highest BCUT2D eigenvalue weighted by Gasteiger charge is 2.33. The molecule has 7 heteroatoms. The van der Waals surface area contributed by atoms with Crippen molar-refractivity contribution in [1.29, 1.82) is 0 Å². The van der Waals surface area contributed by atoms with Crippen LogP contribution in [0.15, 0.2) is 16.6 Å². The van der Waals surface area contributed by atoms with Gasteiger partial charge in [-0.25, -0.2) is 0 Å². The number of halogens is 6. The molecular weight excluding hydrogens is 388 g/mol. The van der Waals surface area contributed by atoms with Crippen LogP contribution in [0.2, 0.25) is 5.02 Å². The van der Waals surface area contributed by atoms with E-state index >= 15 is 0 Å². The van der Waals surface area contributed by atoms with E-state index in [1.807, 2.05) is 0 Å². The number of ether oxygens (including phenoxy) is 1. The molecule has 1 nitrogen and oxygen atoms in total. The van der Waals surface area contributed by atoms with E-state index in [2.05, 4.69) is 31.9 Å². The molecule has 96 valence electrons. The summed E-state index contributed by atoms with van der Waals surface area (Å²) in [6.45, 7) is 0. The van der Waals surface area contributed by atoms with Crippen LogP contribution in [0.25, 0.3) is 0 Å². The molecule has 0 aromatic heterocycles. The van der Waals surface area contributed by atoms with E-state index in [4.69, 9.17) is 16.3 Å². The first kappa shape index (κ1) is 15.1. The first-order valence-corrected chi connectivity index (χ1v) is 6.57. The minimum atomic E-state index is -4.26. The number of methoxy groups -OCH3 is 1. The fourth-order valence-electron chi connectivity index (χ4n) is 1.34. The standard InChI is InChI=1S/C10H8Br2ClF3O/c1-17-9-6(2-5(13)3-7(9)11)8(12)4-10(14,15)16/h2-3,8H,4H2,1H3. The fourth-order valence-corrected chi connectivity index (χ4v) is 3.04. The van der Waals surface area contributed by atoms with Crippen molar-refractivity contribution in [3.63, 3.8) is 0 Å². The van der Waals surface area contributed by atoms with E-state index in [0.717, 1.165) is 0 Å². The third-order valence-corrected chi connectivity index (χ3v) is 3.61. The van der Waals surface area contributed by atoms with E-state index in [-0.39, 0.29) is 0 Å². The zero-order valence-electron chi connectivity index (χ0n) is 8.62. The Hall–Kier alpha value is 0.0600. The number of hydrogen-bond donors (Lipinski definition) is 0. The Kier molecular flexibility index (Phi) is 5.16. The van der Waals surface area contributed by atoms with Gasteiger partial charge in [0.25, 0.3) is 0 Å². The average molecular weight is 396 g/mol. The largest absolute Gasteiger partial charge is 0.495 e. The summed E-state index contributed by atoms with van der Waals surface area (Å²) >= 11 is 12.0. The molecule has 0 radical (unpaired) electrons. The van der Waals surface area contributed by atoms with Gasteiger partial charge in [0.05, 0.1) is 22.8 Å². The van der Waals surface area contributed by atoms with Crippen molar-refractivity contribution in [1.82, 2.24) is 0 Å². The van der Waals surface area contributed by atoms with Crippen molar-refractivity contribution < 1.29 is 17.9 Å². The van der Waals surface area contributed by atoms with Crippen LogP contribution in [0, 0.1) is 0 Å². The van der Waals surface area contributed by atoms with Crippen LogP contribution in [-0.4, -0.2) is 13.3 Å². The molecule has 0 bridgehead atoms. The molecule has 0 N–H and O–H groups in total. The summed E-state index contributed by atoms with van der Waals surface area (Å²) in [6, 6.07) is 3.02. The van der Waals surface area contributed by atoms with Crippen LogP contribution >= 0.6 is 43.5 Å². The van der Waals surface area contributed by atoms with Crippen LogP contribution in [-0.2, 0) is 0 Å². The lowest BCUT2D eigenvalue weighted by molar-refractivity contribution is -0.134. The summed E-state index contributed by atoms with van der Waals surface area (Å²) in [5.41, 5.74) is 0.365. The van der Waals surface area contributed by atoms with Crippen LogP contribution < -0.4 is 4.74 Å². The Bertz CT molecular complexity index is 409. The Morgan fingerprint density at radius 2 is 2.00 bits per heavy atom. The maximum atomic E-state index is 12.3. The Morgan fingerprint density at radius 3 is 2.47 bits per heavy atom. The zero-order chi connectivity index (χ0) is 13.2. The minimum Gasteiger partial charge on any atom is -0.495 e. The van der Waals surface area contributed by atoms with Crippen molar-refractivity contribution in [3.8, 4) is 5.75 Å². The summed E-state index contributed by atoms with van der Waals surface area (Å²) in [5, 5.41) is 0.347. The number of rotatable bonds is 3. The fraction of sp³-hybridized carbons (Fsp3) is 0.400. The lowest BCUT2D eigenvalue weighted by atomic mass is 10.1. The highest BCUT2D eigenvalue weighted by Crippen LogP contribution is 2.43. The Labute approximate surface area is 119 Å². The normalized spacial score (nSPS) is 13.6. The van der Waals surface area contributed by atoms with Crippen molar-refractivity contribution in [2.75, 3.05) is 7.11 Å². The Morgan fingerprint density at radius 1 is 1.41 bits per heavy atom. The topological polar surface area (TPSA) is 9.23 Å². The second-order valence-corrected chi connectivity index (χ2v) is 5.69. The van der Waals surface area contributed by atoms with Crippen LogP contribution in [0.3, 0.4) is 0 Å². The maximum absolute atomic E-state index is 12.3. The molecule has 1 atom stereocenters. The molecule has 0 aliphatic rings. The molecule has 0 fully saturated rings. The highest BCUT2D eigenvalue weighted by atomic mass is 79.9. The Balaban J connectivity index is 3.11. The predicted octanol–water partition coefficient (Wildman–Crippen LogP) is 5.50. The van der Waals surface area contributed by atoms with Gasteiger partial charge in [-0.3, -0.25) is 0 Å². The second-order valence-electron chi connectivity index (χ2n) is 3.30. The van der Waals surface area contributed by atoms with Gasteiger partial charge in [-0.2, -0.15) is 13.2 Å². The molecular formula is C10H8Br2ClF3O. The van der Waals surface area contributed by atoms with Gasteiger partial charge < -0.3 is 4.74 Å². The monoisotopic (exact) mass is 394 g/mol. The highest BCUT2D eigenvalue weighted by molar-refractivity contribution is 9.10.